The lowest BCUT2D eigenvalue weighted by atomic mass is 9.76. The van der Waals surface area contributed by atoms with Gasteiger partial charge in [0.25, 0.3) is 0 Å². The van der Waals surface area contributed by atoms with E-state index in [0.29, 0.717) is 11.6 Å². The summed E-state index contributed by atoms with van der Waals surface area (Å²) in [4.78, 5) is 11.4. The van der Waals surface area contributed by atoms with Crippen LogP contribution in [0.4, 0.5) is 5.69 Å². The minimum atomic E-state index is -1.13. The van der Waals surface area contributed by atoms with Gasteiger partial charge in [0.2, 0.25) is 0 Å². The molecule has 1 aliphatic carbocycles. The summed E-state index contributed by atoms with van der Waals surface area (Å²) < 4.78 is 0. The lowest BCUT2D eigenvalue weighted by Crippen LogP contribution is -2.32. The third kappa shape index (κ3) is 1.93. The van der Waals surface area contributed by atoms with Gasteiger partial charge >= 0.3 is 0 Å². The van der Waals surface area contributed by atoms with Gasteiger partial charge in [-0.05, 0) is 23.5 Å². The molecule has 0 radical (unpaired) electrons. The smallest absolute Gasteiger partial charge is 0.0736 e. The van der Waals surface area contributed by atoms with Crippen LogP contribution in [0.25, 0.3) is 0 Å². The zero-order valence-electron chi connectivity index (χ0n) is 12.0. The van der Waals surface area contributed by atoms with Crippen molar-refractivity contribution in [2.24, 2.45) is 5.92 Å². The maximum Gasteiger partial charge on any atom is 0.0736 e. The van der Waals surface area contributed by atoms with Gasteiger partial charge < -0.3 is 15.2 Å². The van der Waals surface area contributed by atoms with Crippen molar-refractivity contribution in [3.8, 4) is 0 Å². The highest BCUT2D eigenvalue weighted by Crippen LogP contribution is 2.50. The van der Waals surface area contributed by atoms with Crippen molar-refractivity contribution in [1.82, 2.24) is 0 Å². The molecule has 3 atom stereocenters. The lowest BCUT2D eigenvalue weighted by Gasteiger charge is -2.38. The van der Waals surface area contributed by atoms with E-state index in [1.54, 1.807) is 12.1 Å². The van der Waals surface area contributed by atoms with Crippen LogP contribution in [0.15, 0.2) is 60.7 Å². The summed E-state index contributed by atoms with van der Waals surface area (Å²) in [5.41, 5.74) is 3.22. The Morgan fingerprint density at radius 2 is 1.91 bits per heavy atom. The molecule has 1 N–H and O–H groups in total. The number of benzene rings is 2. The van der Waals surface area contributed by atoms with E-state index in [2.05, 4.69) is 29.6 Å². The SMILES string of the molecule is O=C([O-])c1cccc2c1N[C@@H](c1ccccc1)[C@H]1CC=C[C@@H]21. The lowest BCUT2D eigenvalue weighted by molar-refractivity contribution is -0.254. The number of rotatable bonds is 2. The number of allylic oxidation sites excluding steroid dienone is 2. The molecule has 4 rings (SSSR count). The van der Waals surface area contributed by atoms with Crippen LogP contribution < -0.4 is 10.4 Å². The molecule has 3 heteroatoms. The van der Waals surface area contributed by atoms with Crippen LogP contribution in [0.5, 0.6) is 0 Å². The van der Waals surface area contributed by atoms with Crippen LogP contribution in [0, 0.1) is 5.92 Å². The van der Waals surface area contributed by atoms with Gasteiger partial charge in [-0.2, -0.15) is 0 Å². The molecule has 0 saturated heterocycles. The number of carbonyl (C=O) groups is 1. The van der Waals surface area contributed by atoms with E-state index in [-0.39, 0.29) is 17.5 Å². The molecule has 0 unspecified atom stereocenters. The summed E-state index contributed by atoms with van der Waals surface area (Å²) in [7, 11) is 0. The van der Waals surface area contributed by atoms with Crippen molar-refractivity contribution in [1.29, 1.82) is 0 Å². The van der Waals surface area contributed by atoms with E-state index >= 15 is 0 Å². The molecule has 1 heterocycles. The molecular formula is C19H16NO2-. The molecule has 0 bridgehead atoms. The number of fused-ring (bicyclic) bond motifs is 3. The molecule has 2 aromatic rings. The molecular weight excluding hydrogens is 274 g/mol. The van der Waals surface area contributed by atoms with Crippen LogP contribution in [0.3, 0.4) is 0 Å². The molecule has 0 spiro atoms. The number of carbonyl (C=O) groups excluding carboxylic acids is 1. The van der Waals surface area contributed by atoms with Gasteiger partial charge in [0, 0.05) is 17.2 Å². The maximum atomic E-state index is 11.4. The van der Waals surface area contributed by atoms with Gasteiger partial charge in [0.15, 0.2) is 0 Å². The zero-order valence-corrected chi connectivity index (χ0v) is 12.0. The summed E-state index contributed by atoms with van der Waals surface area (Å²) in [6.45, 7) is 0. The van der Waals surface area contributed by atoms with Crippen molar-refractivity contribution in [3.63, 3.8) is 0 Å². The molecule has 110 valence electrons. The van der Waals surface area contributed by atoms with Crippen molar-refractivity contribution < 1.29 is 9.90 Å². The second-order valence-corrected chi connectivity index (χ2v) is 5.94. The first-order chi connectivity index (χ1) is 10.8. The largest absolute Gasteiger partial charge is 0.545 e. The fraction of sp³-hybridized carbons (Fsp3) is 0.211. The number of hydrogen-bond donors (Lipinski definition) is 1. The fourth-order valence-corrected chi connectivity index (χ4v) is 3.78. The summed E-state index contributed by atoms with van der Waals surface area (Å²) in [6, 6.07) is 15.8. The van der Waals surface area contributed by atoms with Crippen LogP contribution in [-0.2, 0) is 0 Å². The number of aromatic carboxylic acids is 1. The highest BCUT2D eigenvalue weighted by Gasteiger charge is 2.38. The predicted molar refractivity (Wildman–Crippen MR) is 83.6 cm³/mol. The standard InChI is InChI=1S/C19H17NO2/c21-19(22)16-11-5-10-15-13-8-4-9-14(13)17(20-18(15)16)12-6-2-1-3-7-12/h1-8,10-11,13-14,17,20H,9H2,(H,21,22)/p-1/t13-,14+,17+/m1/s1. The molecule has 0 saturated carbocycles. The topological polar surface area (TPSA) is 52.2 Å². The van der Waals surface area contributed by atoms with E-state index in [4.69, 9.17) is 0 Å². The van der Waals surface area contributed by atoms with Gasteiger partial charge in [-0.25, -0.2) is 0 Å². The van der Waals surface area contributed by atoms with E-state index in [9.17, 15) is 9.90 Å². The molecule has 2 aromatic carbocycles. The van der Waals surface area contributed by atoms with Crippen LogP contribution in [0.1, 0.15) is 39.9 Å². The summed E-state index contributed by atoms with van der Waals surface area (Å²) in [5, 5.41) is 14.9. The number of carboxylic acids is 1. The van der Waals surface area contributed by atoms with E-state index in [0.717, 1.165) is 12.0 Å². The Morgan fingerprint density at radius 3 is 2.68 bits per heavy atom. The Morgan fingerprint density at radius 1 is 1.09 bits per heavy atom. The average molecular weight is 290 g/mol. The van der Waals surface area contributed by atoms with E-state index in [1.807, 2.05) is 24.3 Å². The zero-order chi connectivity index (χ0) is 15.1. The summed E-state index contributed by atoms with van der Waals surface area (Å²) in [6.07, 6.45) is 5.42. The van der Waals surface area contributed by atoms with Gasteiger partial charge in [-0.1, -0.05) is 60.7 Å². The first-order valence-electron chi connectivity index (χ1n) is 7.58. The Hall–Kier alpha value is -2.55. The number of hydrogen-bond acceptors (Lipinski definition) is 3. The first kappa shape index (κ1) is 13.1. The Kier molecular flexibility index (Phi) is 3.00. The molecule has 2 aliphatic rings. The van der Waals surface area contributed by atoms with Crippen molar-refractivity contribution >= 4 is 11.7 Å². The Balaban J connectivity index is 1.85. The Labute approximate surface area is 129 Å². The second-order valence-electron chi connectivity index (χ2n) is 5.94. The second kappa shape index (κ2) is 5.02. The maximum absolute atomic E-state index is 11.4. The molecule has 3 nitrogen and oxygen atoms in total. The van der Waals surface area contributed by atoms with Crippen LogP contribution >= 0.6 is 0 Å². The van der Waals surface area contributed by atoms with Crippen LogP contribution in [0.2, 0.25) is 0 Å². The number of nitrogens with one attached hydrogen (secondary N) is 1. The van der Waals surface area contributed by atoms with Crippen molar-refractivity contribution in [3.05, 3.63) is 77.4 Å². The monoisotopic (exact) mass is 290 g/mol. The third-order valence-electron chi connectivity index (χ3n) is 4.78. The molecule has 0 fully saturated rings. The number of anilines is 1. The quantitative estimate of drug-likeness (QED) is 0.865. The molecule has 1 aliphatic heterocycles. The molecule has 0 amide bonds. The van der Waals surface area contributed by atoms with Crippen molar-refractivity contribution in [2.45, 2.75) is 18.4 Å². The summed E-state index contributed by atoms with van der Waals surface area (Å²) >= 11 is 0. The first-order valence-corrected chi connectivity index (χ1v) is 7.58. The Bertz CT molecular complexity index is 751. The van der Waals surface area contributed by atoms with E-state index < -0.39 is 5.97 Å². The third-order valence-corrected chi connectivity index (χ3v) is 4.78. The van der Waals surface area contributed by atoms with Crippen LogP contribution in [-0.4, -0.2) is 5.97 Å². The predicted octanol–water partition coefficient (Wildman–Crippen LogP) is 2.88. The highest BCUT2D eigenvalue weighted by molar-refractivity contribution is 5.94. The van der Waals surface area contributed by atoms with Gasteiger partial charge in [-0.3, -0.25) is 0 Å². The minimum Gasteiger partial charge on any atom is -0.545 e. The number of carboxylic acid groups (broad SMARTS) is 1. The van der Waals surface area contributed by atoms with Gasteiger partial charge in [0.05, 0.1) is 12.0 Å². The van der Waals surface area contributed by atoms with Crippen molar-refractivity contribution in [2.75, 3.05) is 5.32 Å². The number of para-hydroxylation sites is 1. The summed E-state index contributed by atoms with van der Waals surface area (Å²) in [5.74, 6) is -0.441. The van der Waals surface area contributed by atoms with E-state index in [1.165, 1.54) is 5.56 Å². The van der Waals surface area contributed by atoms with Gasteiger partial charge in [-0.15, -0.1) is 0 Å². The normalized spacial score (nSPS) is 25.2. The molecule has 0 aromatic heterocycles. The van der Waals surface area contributed by atoms with Gasteiger partial charge in [0.1, 0.15) is 0 Å². The molecule has 22 heavy (non-hydrogen) atoms. The highest BCUT2D eigenvalue weighted by atomic mass is 16.4. The average Bonchev–Trinajstić information content (AvgIpc) is 3.04. The fourth-order valence-electron chi connectivity index (χ4n) is 3.78. The minimum absolute atomic E-state index is 0.120.